The van der Waals surface area contributed by atoms with Gasteiger partial charge in [-0.1, -0.05) is 13.8 Å². The van der Waals surface area contributed by atoms with Crippen molar-refractivity contribution in [3.63, 3.8) is 0 Å². The van der Waals surface area contributed by atoms with Crippen molar-refractivity contribution in [3.8, 4) is 0 Å². The van der Waals surface area contributed by atoms with Crippen LogP contribution in [0.25, 0.3) is 0 Å². The Bertz CT molecular complexity index is 173. The summed E-state index contributed by atoms with van der Waals surface area (Å²) in [5.74, 6) is 0.820. The summed E-state index contributed by atoms with van der Waals surface area (Å²) in [7, 11) is 1.70. The number of rotatable bonds is 2. The van der Waals surface area contributed by atoms with Crippen molar-refractivity contribution in [1.29, 1.82) is 0 Å². The molecule has 0 spiro atoms. The molecule has 70 valence electrons. The van der Waals surface area contributed by atoms with Gasteiger partial charge in [0.05, 0.1) is 0 Å². The van der Waals surface area contributed by atoms with E-state index < -0.39 is 0 Å². The Morgan fingerprint density at radius 1 is 1.58 bits per heavy atom. The molecule has 1 unspecified atom stereocenters. The molecule has 0 heterocycles. The Morgan fingerprint density at radius 2 is 2.25 bits per heavy atom. The summed E-state index contributed by atoms with van der Waals surface area (Å²) in [4.78, 5) is 11.2. The molecule has 1 rings (SSSR count). The van der Waals surface area contributed by atoms with Crippen LogP contribution >= 0.6 is 0 Å². The minimum Gasteiger partial charge on any atom is -0.384 e. The molecule has 1 aliphatic rings. The summed E-state index contributed by atoms with van der Waals surface area (Å²) in [6, 6.07) is 0. The molecule has 0 aromatic rings. The Labute approximate surface area is 74.3 Å². The quantitative estimate of drug-likeness (QED) is 0.634. The van der Waals surface area contributed by atoms with Gasteiger partial charge in [0.25, 0.3) is 0 Å². The Kier molecular flexibility index (Phi) is 2.89. The third-order valence-electron chi connectivity index (χ3n) is 3.00. The molecule has 0 aromatic heterocycles. The fraction of sp³-hybridized carbons (Fsp3) is 0.900. The van der Waals surface area contributed by atoms with Crippen LogP contribution in [0.2, 0.25) is 0 Å². The first-order valence-electron chi connectivity index (χ1n) is 4.57. The maximum atomic E-state index is 11.2. The number of Topliss-reactive ketones (excluding diaryl/α,β-unsaturated/α-hetero) is 1. The highest BCUT2D eigenvalue weighted by molar-refractivity contribution is 5.79. The lowest BCUT2D eigenvalue weighted by molar-refractivity contribution is -0.125. The summed E-state index contributed by atoms with van der Waals surface area (Å²) in [5, 5.41) is 0. The molecule has 0 amide bonds. The van der Waals surface area contributed by atoms with E-state index in [1.807, 2.05) is 0 Å². The number of methoxy groups -OCH3 is 1. The van der Waals surface area contributed by atoms with E-state index in [0.29, 0.717) is 18.1 Å². The number of hydrogen-bond donors (Lipinski definition) is 0. The van der Waals surface area contributed by atoms with Crippen molar-refractivity contribution in [2.24, 2.45) is 11.3 Å². The van der Waals surface area contributed by atoms with Gasteiger partial charge in [0.2, 0.25) is 0 Å². The smallest absolute Gasteiger partial charge is 0.133 e. The van der Waals surface area contributed by atoms with Gasteiger partial charge in [-0.05, 0) is 17.8 Å². The molecular formula is C10H18O2. The lowest BCUT2D eigenvalue weighted by Gasteiger charge is -2.37. The monoisotopic (exact) mass is 170 g/mol. The third kappa shape index (κ3) is 2.07. The fourth-order valence-electron chi connectivity index (χ4n) is 1.80. The van der Waals surface area contributed by atoms with E-state index in [9.17, 15) is 4.79 Å². The van der Waals surface area contributed by atoms with E-state index in [2.05, 4.69) is 13.8 Å². The summed E-state index contributed by atoms with van der Waals surface area (Å²) in [6.45, 7) is 5.17. The fourth-order valence-corrected chi connectivity index (χ4v) is 1.80. The molecule has 1 aliphatic carbocycles. The highest BCUT2D eigenvalue weighted by Gasteiger charge is 2.35. The van der Waals surface area contributed by atoms with Gasteiger partial charge in [0.1, 0.15) is 5.78 Å². The molecule has 12 heavy (non-hydrogen) atoms. The maximum Gasteiger partial charge on any atom is 0.133 e. The molecule has 0 N–H and O–H groups in total. The van der Waals surface area contributed by atoms with Crippen LogP contribution in [0.4, 0.5) is 0 Å². The Morgan fingerprint density at radius 3 is 2.83 bits per heavy atom. The second-order valence-corrected chi connectivity index (χ2v) is 4.38. The number of ether oxygens (including phenoxy) is 1. The SMILES string of the molecule is COCC1CC(=O)CCC1(C)C. The molecule has 0 radical (unpaired) electrons. The highest BCUT2D eigenvalue weighted by Crippen LogP contribution is 2.38. The standard InChI is InChI=1S/C10H18O2/c1-10(2)5-4-9(11)6-8(10)7-12-3/h8H,4-7H2,1-3H3. The summed E-state index contributed by atoms with van der Waals surface area (Å²) in [6.07, 6.45) is 2.48. The molecule has 0 aromatic carbocycles. The molecule has 2 nitrogen and oxygen atoms in total. The minimum absolute atomic E-state index is 0.282. The number of carbonyl (C=O) groups is 1. The molecule has 1 fully saturated rings. The van der Waals surface area contributed by atoms with E-state index >= 15 is 0 Å². The van der Waals surface area contributed by atoms with Crippen LogP contribution in [0.5, 0.6) is 0 Å². The summed E-state index contributed by atoms with van der Waals surface area (Å²) < 4.78 is 5.11. The van der Waals surface area contributed by atoms with Gasteiger partial charge in [-0.3, -0.25) is 4.79 Å². The summed E-state index contributed by atoms with van der Waals surface area (Å²) in [5.41, 5.74) is 0.282. The van der Waals surface area contributed by atoms with E-state index in [4.69, 9.17) is 4.74 Å². The molecule has 2 heteroatoms. The molecule has 0 aliphatic heterocycles. The van der Waals surface area contributed by atoms with Crippen molar-refractivity contribution < 1.29 is 9.53 Å². The van der Waals surface area contributed by atoms with Gasteiger partial charge >= 0.3 is 0 Å². The van der Waals surface area contributed by atoms with Crippen LogP contribution in [0, 0.1) is 11.3 Å². The van der Waals surface area contributed by atoms with Crippen LogP contribution < -0.4 is 0 Å². The number of carbonyl (C=O) groups excluding carboxylic acids is 1. The van der Waals surface area contributed by atoms with Gasteiger partial charge in [0, 0.05) is 26.6 Å². The zero-order chi connectivity index (χ0) is 9.19. The van der Waals surface area contributed by atoms with E-state index in [1.54, 1.807) is 7.11 Å². The predicted octanol–water partition coefficient (Wildman–Crippen LogP) is 2.03. The molecule has 0 bridgehead atoms. The predicted molar refractivity (Wildman–Crippen MR) is 48.0 cm³/mol. The van der Waals surface area contributed by atoms with Gasteiger partial charge < -0.3 is 4.74 Å². The van der Waals surface area contributed by atoms with Crippen LogP contribution in [-0.4, -0.2) is 19.5 Å². The third-order valence-corrected chi connectivity index (χ3v) is 3.00. The van der Waals surface area contributed by atoms with Crippen molar-refractivity contribution in [3.05, 3.63) is 0 Å². The largest absolute Gasteiger partial charge is 0.384 e. The number of ketones is 1. The first kappa shape index (κ1) is 9.72. The van der Waals surface area contributed by atoms with Crippen molar-refractivity contribution in [2.45, 2.75) is 33.1 Å². The number of hydrogen-bond acceptors (Lipinski definition) is 2. The van der Waals surface area contributed by atoms with Gasteiger partial charge in [-0.25, -0.2) is 0 Å². The van der Waals surface area contributed by atoms with Crippen LogP contribution in [0.3, 0.4) is 0 Å². The highest BCUT2D eigenvalue weighted by atomic mass is 16.5. The van der Waals surface area contributed by atoms with Crippen molar-refractivity contribution in [2.75, 3.05) is 13.7 Å². The Balaban J connectivity index is 2.58. The first-order valence-corrected chi connectivity index (χ1v) is 4.57. The van der Waals surface area contributed by atoms with Gasteiger partial charge in [-0.2, -0.15) is 0 Å². The van der Waals surface area contributed by atoms with E-state index in [0.717, 1.165) is 19.4 Å². The van der Waals surface area contributed by atoms with E-state index in [-0.39, 0.29) is 5.41 Å². The average Bonchev–Trinajstić information content (AvgIpc) is 1.98. The Hall–Kier alpha value is -0.370. The first-order chi connectivity index (χ1) is 5.56. The van der Waals surface area contributed by atoms with Crippen LogP contribution in [0.1, 0.15) is 33.1 Å². The van der Waals surface area contributed by atoms with Crippen molar-refractivity contribution in [1.82, 2.24) is 0 Å². The van der Waals surface area contributed by atoms with Crippen LogP contribution in [0.15, 0.2) is 0 Å². The normalized spacial score (nSPS) is 28.9. The average molecular weight is 170 g/mol. The van der Waals surface area contributed by atoms with Crippen molar-refractivity contribution >= 4 is 5.78 Å². The lowest BCUT2D eigenvalue weighted by Crippen LogP contribution is -2.34. The second-order valence-electron chi connectivity index (χ2n) is 4.38. The lowest BCUT2D eigenvalue weighted by atomic mass is 9.69. The maximum absolute atomic E-state index is 11.2. The van der Waals surface area contributed by atoms with Gasteiger partial charge in [-0.15, -0.1) is 0 Å². The summed E-state index contributed by atoms with van der Waals surface area (Å²) >= 11 is 0. The molecule has 1 atom stereocenters. The molecule has 0 saturated heterocycles. The zero-order valence-electron chi connectivity index (χ0n) is 8.22. The van der Waals surface area contributed by atoms with E-state index in [1.165, 1.54) is 0 Å². The second kappa shape index (κ2) is 3.56. The topological polar surface area (TPSA) is 26.3 Å². The van der Waals surface area contributed by atoms with Crippen LogP contribution in [-0.2, 0) is 9.53 Å². The molecule has 1 saturated carbocycles. The zero-order valence-corrected chi connectivity index (χ0v) is 8.22. The molecular weight excluding hydrogens is 152 g/mol. The minimum atomic E-state index is 0.282. The van der Waals surface area contributed by atoms with Gasteiger partial charge in [0.15, 0.2) is 0 Å².